The van der Waals surface area contributed by atoms with Crippen LogP contribution in [0.3, 0.4) is 0 Å². The average molecular weight is 563 g/mol. The third-order valence-corrected chi connectivity index (χ3v) is 8.76. The number of hydrogen-bond donors (Lipinski definition) is 1. The zero-order chi connectivity index (χ0) is 28.8. The van der Waals surface area contributed by atoms with Crippen molar-refractivity contribution in [2.75, 3.05) is 0 Å². The third kappa shape index (κ3) is 4.85. The number of aryl methyl sites for hydroxylation is 4. The Morgan fingerprint density at radius 1 is 0.975 bits per heavy atom. The van der Waals surface area contributed by atoms with Crippen molar-refractivity contribution in [2.24, 2.45) is 14.1 Å². The van der Waals surface area contributed by atoms with E-state index < -0.39 is 22.0 Å². The van der Waals surface area contributed by atoms with Crippen molar-refractivity contribution in [1.29, 1.82) is 0 Å². The lowest BCUT2D eigenvalue weighted by Gasteiger charge is -2.18. The van der Waals surface area contributed by atoms with Gasteiger partial charge >= 0.3 is 5.69 Å². The molecule has 3 heterocycles. The van der Waals surface area contributed by atoms with E-state index in [-0.39, 0.29) is 17.1 Å². The lowest BCUT2D eigenvalue weighted by atomic mass is 10.1. The molecular formula is C29H34N6O4S. The topological polar surface area (TPSA) is 113 Å². The Morgan fingerprint density at radius 2 is 1.68 bits per heavy atom. The number of nitrogens with zero attached hydrogens (tertiary/aromatic N) is 5. The van der Waals surface area contributed by atoms with Crippen molar-refractivity contribution < 1.29 is 13.2 Å². The number of sulfonamides is 1. The highest BCUT2D eigenvalue weighted by atomic mass is 32.2. The first kappa shape index (κ1) is 27.4. The fourth-order valence-corrected chi connectivity index (χ4v) is 6.57. The van der Waals surface area contributed by atoms with Gasteiger partial charge in [-0.2, -0.15) is 8.42 Å². The van der Waals surface area contributed by atoms with Gasteiger partial charge in [0, 0.05) is 49.9 Å². The van der Waals surface area contributed by atoms with E-state index in [9.17, 15) is 18.0 Å². The molecule has 0 fully saturated rings. The van der Waals surface area contributed by atoms with Gasteiger partial charge in [0.15, 0.2) is 5.03 Å². The molecule has 5 aromatic rings. The Labute approximate surface area is 232 Å². The summed E-state index contributed by atoms with van der Waals surface area (Å²) in [6.07, 6.45) is 4.48. The molecule has 0 spiro atoms. The standard InChI is InChI=1S/C29H34N6O4S/c1-6-10-22(15-26(36)31-40(38,39)27-18-32(4)20(3)30-27)35-24-13-8-7-12-23(24)34(29(35)37)17-21-16-33(5)25-14-9-11-19(2)28(21)25/h7-9,11-14,16,18,22H,6,10,15,17H2,1-5H3,(H,31,36). The van der Waals surface area contributed by atoms with E-state index in [0.717, 1.165) is 27.5 Å². The number of rotatable bonds is 9. The van der Waals surface area contributed by atoms with E-state index in [2.05, 4.69) is 39.5 Å². The second kappa shape index (κ2) is 10.5. The highest BCUT2D eigenvalue weighted by Gasteiger charge is 2.27. The van der Waals surface area contributed by atoms with E-state index in [4.69, 9.17) is 0 Å². The molecule has 210 valence electrons. The Balaban J connectivity index is 1.52. The Kier molecular flexibility index (Phi) is 7.17. The predicted octanol–water partition coefficient (Wildman–Crippen LogP) is 3.93. The van der Waals surface area contributed by atoms with Gasteiger partial charge in [-0.3, -0.25) is 13.9 Å². The maximum Gasteiger partial charge on any atom is 0.329 e. The number of carbonyl (C=O) groups is 1. The van der Waals surface area contributed by atoms with Gasteiger partial charge < -0.3 is 9.13 Å². The Hall–Kier alpha value is -4.12. The molecule has 0 saturated carbocycles. The van der Waals surface area contributed by atoms with Crippen LogP contribution in [0.5, 0.6) is 0 Å². The predicted molar refractivity (Wildman–Crippen MR) is 155 cm³/mol. The van der Waals surface area contributed by atoms with Crippen molar-refractivity contribution in [1.82, 2.24) is 28.0 Å². The molecule has 3 aromatic heterocycles. The minimum atomic E-state index is -4.14. The van der Waals surface area contributed by atoms with Crippen LogP contribution in [-0.4, -0.2) is 37.6 Å². The van der Waals surface area contributed by atoms with Crippen LogP contribution in [-0.2, 0) is 35.5 Å². The van der Waals surface area contributed by atoms with Crippen LogP contribution in [0.4, 0.5) is 0 Å². The summed E-state index contributed by atoms with van der Waals surface area (Å²) in [5, 5.41) is 0.903. The second-order valence-electron chi connectivity index (χ2n) is 10.4. The summed E-state index contributed by atoms with van der Waals surface area (Å²) in [6, 6.07) is 13.1. The number of benzene rings is 2. The summed E-state index contributed by atoms with van der Waals surface area (Å²) >= 11 is 0. The Bertz CT molecular complexity index is 1890. The molecule has 1 unspecified atom stereocenters. The number of fused-ring (bicyclic) bond motifs is 2. The minimum absolute atomic E-state index is 0.166. The van der Waals surface area contributed by atoms with Gasteiger partial charge in [0.25, 0.3) is 10.0 Å². The number of aromatic nitrogens is 5. The number of nitrogens with one attached hydrogen (secondary N) is 1. The quantitative estimate of drug-likeness (QED) is 0.293. The zero-order valence-electron chi connectivity index (χ0n) is 23.4. The van der Waals surface area contributed by atoms with Crippen molar-refractivity contribution in [3.05, 3.63) is 82.3 Å². The molecule has 0 aliphatic rings. The molecule has 1 N–H and O–H groups in total. The van der Waals surface area contributed by atoms with Gasteiger partial charge in [-0.05, 0) is 49.6 Å². The minimum Gasteiger partial charge on any atom is -0.350 e. The maximum atomic E-state index is 14.0. The monoisotopic (exact) mass is 562 g/mol. The molecule has 1 atom stereocenters. The second-order valence-corrected chi connectivity index (χ2v) is 12.0. The summed E-state index contributed by atoms with van der Waals surface area (Å²) in [4.78, 5) is 31.1. The molecular weight excluding hydrogens is 528 g/mol. The molecule has 1 amide bonds. The molecule has 10 nitrogen and oxygen atoms in total. The summed E-state index contributed by atoms with van der Waals surface area (Å²) in [7, 11) is -0.465. The first-order chi connectivity index (χ1) is 19.0. The van der Waals surface area contributed by atoms with Crippen LogP contribution in [0, 0.1) is 13.8 Å². The summed E-state index contributed by atoms with van der Waals surface area (Å²) in [5.74, 6) is -0.174. The molecule has 11 heteroatoms. The average Bonchev–Trinajstić information content (AvgIpc) is 3.51. The highest BCUT2D eigenvalue weighted by molar-refractivity contribution is 7.90. The van der Waals surface area contributed by atoms with Gasteiger partial charge in [-0.25, -0.2) is 14.5 Å². The number of amides is 1. The highest BCUT2D eigenvalue weighted by Crippen LogP contribution is 2.28. The molecule has 2 aromatic carbocycles. The molecule has 0 radical (unpaired) electrons. The van der Waals surface area contributed by atoms with Crippen LogP contribution in [0.2, 0.25) is 0 Å². The van der Waals surface area contributed by atoms with Crippen LogP contribution >= 0.6 is 0 Å². The van der Waals surface area contributed by atoms with E-state index in [1.807, 2.05) is 44.3 Å². The van der Waals surface area contributed by atoms with Crippen LogP contribution < -0.4 is 10.4 Å². The van der Waals surface area contributed by atoms with Crippen molar-refractivity contribution >= 4 is 37.9 Å². The van der Waals surface area contributed by atoms with Crippen molar-refractivity contribution in [2.45, 2.75) is 57.6 Å². The molecule has 0 saturated heterocycles. The molecule has 0 aliphatic heterocycles. The maximum absolute atomic E-state index is 14.0. The van der Waals surface area contributed by atoms with E-state index in [1.165, 1.54) is 6.20 Å². The fourth-order valence-electron chi connectivity index (χ4n) is 5.53. The van der Waals surface area contributed by atoms with E-state index in [1.54, 1.807) is 27.7 Å². The molecule has 0 bridgehead atoms. The first-order valence-electron chi connectivity index (χ1n) is 13.3. The number of hydrogen-bond acceptors (Lipinski definition) is 5. The summed E-state index contributed by atoms with van der Waals surface area (Å²) in [6.45, 7) is 6.09. The summed E-state index contributed by atoms with van der Waals surface area (Å²) in [5.41, 5.74) is 4.49. The third-order valence-electron chi connectivity index (χ3n) is 7.52. The first-order valence-corrected chi connectivity index (χ1v) is 14.8. The number of imidazole rings is 2. The number of carbonyl (C=O) groups excluding carboxylic acids is 1. The zero-order valence-corrected chi connectivity index (χ0v) is 24.2. The fraction of sp³-hybridized carbons (Fsp3) is 0.345. The van der Waals surface area contributed by atoms with Gasteiger partial charge in [-0.1, -0.05) is 37.6 Å². The number of para-hydroxylation sites is 2. The Morgan fingerprint density at radius 3 is 2.35 bits per heavy atom. The van der Waals surface area contributed by atoms with E-state index >= 15 is 0 Å². The van der Waals surface area contributed by atoms with Gasteiger partial charge in [0.1, 0.15) is 5.82 Å². The van der Waals surface area contributed by atoms with E-state index in [0.29, 0.717) is 30.7 Å². The van der Waals surface area contributed by atoms with Gasteiger partial charge in [0.05, 0.1) is 17.6 Å². The van der Waals surface area contributed by atoms with Crippen LogP contribution in [0.25, 0.3) is 21.9 Å². The van der Waals surface area contributed by atoms with Crippen LogP contribution in [0.15, 0.2) is 64.7 Å². The van der Waals surface area contributed by atoms with Crippen molar-refractivity contribution in [3.63, 3.8) is 0 Å². The lowest BCUT2D eigenvalue weighted by Crippen LogP contribution is -2.35. The van der Waals surface area contributed by atoms with Crippen LogP contribution in [0.1, 0.15) is 49.2 Å². The molecule has 40 heavy (non-hydrogen) atoms. The lowest BCUT2D eigenvalue weighted by molar-refractivity contribution is -0.120. The molecule has 0 aliphatic carbocycles. The van der Waals surface area contributed by atoms with Crippen molar-refractivity contribution in [3.8, 4) is 0 Å². The smallest absolute Gasteiger partial charge is 0.329 e. The van der Waals surface area contributed by atoms with Gasteiger partial charge in [0.2, 0.25) is 5.91 Å². The van der Waals surface area contributed by atoms with Gasteiger partial charge in [-0.15, -0.1) is 0 Å². The largest absolute Gasteiger partial charge is 0.350 e. The summed E-state index contributed by atoms with van der Waals surface area (Å²) < 4.78 is 34.8. The molecule has 5 rings (SSSR count). The SMILES string of the molecule is CCCC(CC(=O)NS(=O)(=O)c1cn(C)c(C)n1)n1c(=O)n(Cc2cn(C)c3cccc(C)c23)c2ccccc21. The normalized spacial score (nSPS) is 12.8.